The molecule has 7 heteroatoms. The van der Waals surface area contributed by atoms with Crippen LogP contribution in [0.15, 0.2) is 158 Å². The Kier molecular flexibility index (Phi) is 5.30. The van der Waals surface area contributed by atoms with Gasteiger partial charge in [-0.3, -0.25) is 0 Å². The lowest BCUT2D eigenvalue weighted by Crippen LogP contribution is -2.61. The van der Waals surface area contributed by atoms with Crippen LogP contribution in [0.2, 0.25) is 0 Å². The van der Waals surface area contributed by atoms with Gasteiger partial charge in [-0.1, -0.05) is 91.0 Å². The van der Waals surface area contributed by atoms with E-state index >= 15 is 0 Å². The van der Waals surface area contributed by atoms with Crippen molar-refractivity contribution >= 4 is 96.2 Å². The zero-order chi connectivity index (χ0) is 36.4. The molecule has 0 radical (unpaired) electrons. The van der Waals surface area contributed by atoms with E-state index in [0.717, 1.165) is 45.5 Å². The molecule has 2 aromatic heterocycles. The minimum absolute atomic E-state index is 0.0485. The topological polar surface area (TPSA) is 31.6 Å². The minimum atomic E-state index is -0.103. The van der Waals surface area contributed by atoms with Gasteiger partial charge in [-0.15, -0.1) is 0 Å². The number of aromatic nitrogens is 2. The van der Waals surface area contributed by atoms with Crippen molar-refractivity contribution in [1.82, 2.24) is 8.96 Å². The van der Waals surface area contributed by atoms with Crippen molar-refractivity contribution in [2.75, 3.05) is 4.90 Å². The highest BCUT2D eigenvalue weighted by molar-refractivity contribution is 6.93. The Balaban J connectivity index is 1.13. The van der Waals surface area contributed by atoms with E-state index in [2.05, 4.69) is 179 Å². The van der Waals surface area contributed by atoms with Crippen LogP contribution in [-0.4, -0.2) is 22.7 Å². The summed E-state index contributed by atoms with van der Waals surface area (Å²) < 4.78 is 19.5. The Morgan fingerprint density at radius 1 is 0.429 bits per heavy atom. The molecule has 14 rings (SSSR count). The maximum Gasteiger partial charge on any atom is 0.336 e. The molecule has 6 heterocycles. The van der Waals surface area contributed by atoms with Gasteiger partial charge in [0.1, 0.15) is 23.0 Å². The predicted molar refractivity (Wildman–Crippen MR) is 231 cm³/mol. The highest BCUT2D eigenvalue weighted by Gasteiger charge is 2.50. The zero-order valence-electron chi connectivity index (χ0n) is 30.3. The van der Waals surface area contributed by atoms with Gasteiger partial charge in [0.2, 0.25) is 0 Å². The monoisotopic (exact) mass is 713 g/mol. The Hall–Kier alpha value is -7.11. The van der Waals surface area contributed by atoms with Gasteiger partial charge in [0.25, 0.3) is 0 Å². The van der Waals surface area contributed by atoms with Crippen LogP contribution in [0.5, 0.6) is 23.0 Å². The fourth-order valence-electron chi connectivity index (χ4n) is 10.7. The summed E-state index contributed by atoms with van der Waals surface area (Å²) in [7, 11) is 0. The third-order valence-electron chi connectivity index (χ3n) is 12.8. The van der Waals surface area contributed by atoms with Crippen molar-refractivity contribution in [3.63, 3.8) is 0 Å². The number of hydrogen-bond acceptors (Lipinski definition) is 3. The highest BCUT2D eigenvalue weighted by atomic mass is 16.5. The van der Waals surface area contributed by atoms with E-state index in [1.165, 1.54) is 76.7 Å². The normalized spacial score (nSPS) is 13.7. The number of ether oxygens (including phenoxy) is 2. The van der Waals surface area contributed by atoms with Crippen molar-refractivity contribution < 1.29 is 9.47 Å². The second-order valence-corrected chi connectivity index (χ2v) is 15.7. The summed E-state index contributed by atoms with van der Waals surface area (Å²) in [5.74, 6) is 3.49. The molecule has 10 aromatic rings. The first-order valence-electron chi connectivity index (χ1n) is 19.4. The molecule has 0 spiro atoms. The number of para-hydroxylation sites is 4. The van der Waals surface area contributed by atoms with Crippen LogP contribution < -0.4 is 36.2 Å². The molecule has 0 N–H and O–H groups in total. The largest absolute Gasteiger partial charge is 0.458 e. The van der Waals surface area contributed by atoms with Gasteiger partial charge in [0.05, 0.1) is 0 Å². The molecular formula is C49H29B2N3O2. The fourth-order valence-corrected chi connectivity index (χ4v) is 10.7. The Bertz CT molecular complexity index is 3370. The number of anilines is 3. The lowest BCUT2D eigenvalue weighted by atomic mass is 9.40. The molecule has 0 amide bonds. The van der Waals surface area contributed by atoms with Gasteiger partial charge in [-0.05, 0) is 83.6 Å². The Morgan fingerprint density at radius 2 is 0.946 bits per heavy atom. The first-order chi connectivity index (χ1) is 27.7. The van der Waals surface area contributed by atoms with Crippen LogP contribution in [0.3, 0.4) is 0 Å². The van der Waals surface area contributed by atoms with Crippen molar-refractivity contribution in [1.29, 1.82) is 0 Å². The minimum Gasteiger partial charge on any atom is -0.458 e. The SMILES string of the molecule is Cc1ccc2c(c1)Oc1cc3c4c5c1B2n1c2ccccc2c2cc6c7ccccc7n(c6c-5c21)B4c1ccc(N(c2ccccc2)c2ccccc2)cc1O3. The summed E-state index contributed by atoms with van der Waals surface area (Å²) in [6.07, 6.45) is 0. The number of rotatable bonds is 3. The van der Waals surface area contributed by atoms with Gasteiger partial charge >= 0.3 is 13.7 Å². The van der Waals surface area contributed by atoms with Crippen molar-refractivity contribution in [2.45, 2.75) is 6.92 Å². The second kappa shape index (κ2) is 10.1. The molecule has 0 unspecified atom stereocenters. The molecule has 4 aliphatic heterocycles. The van der Waals surface area contributed by atoms with Crippen LogP contribution in [0.25, 0.3) is 54.7 Å². The van der Waals surface area contributed by atoms with E-state index < -0.39 is 0 Å². The molecule has 0 fully saturated rings. The van der Waals surface area contributed by atoms with Crippen molar-refractivity contribution in [3.8, 4) is 34.1 Å². The van der Waals surface area contributed by atoms with Crippen LogP contribution in [0, 0.1) is 6.92 Å². The Labute approximate surface area is 322 Å². The predicted octanol–water partition coefficient (Wildman–Crippen LogP) is 9.49. The van der Waals surface area contributed by atoms with E-state index in [1.807, 2.05) is 0 Å². The zero-order valence-corrected chi connectivity index (χ0v) is 30.3. The van der Waals surface area contributed by atoms with E-state index in [0.29, 0.717) is 0 Å². The molecule has 0 bridgehead atoms. The van der Waals surface area contributed by atoms with Gasteiger partial charge in [0.15, 0.2) is 0 Å². The second-order valence-electron chi connectivity index (χ2n) is 15.7. The van der Waals surface area contributed by atoms with E-state index in [1.54, 1.807) is 0 Å². The highest BCUT2D eigenvalue weighted by Crippen LogP contribution is 2.52. The van der Waals surface area contributed by atoms with Crippen molar-refractivity contribution in [3.05, 3.63) is 163 Å². The lowest BCUT2D eigenvalue weighted by molar-refractivity contribution is 0.465. The van der Waals surface area contributed by atoms with Crippen LogP contribution in [-0.2, 0) is 0 Å². The third kappa shape index (κ3) is 3.46. The molecule has 0 aliphatic carbocycles. The molecule has 0 saturated heterocycles. The Morgan fingerprint density at radius 3 is 1.54 bits per heavy atom. The molecule has 56 heavy (non-hydrogen) atoms. The van der Waals surface area contributed by atoms with E-state index in [-0.39, 0.29) is 13.7 Å². The van der Waals surface area contributed by atoms with Crippen molar-refractivity contribution in [2.24, 2.45) is 0 Å². The van der Waals surface area contributed by atoms with Crippen LogP contribution in [0.1, 0.15) is 5.56 Å². The van der Waals surface area contributed by atoms with Crippen LogP contribution in [0.4, 0.5) is 17.1 Å². The van der Waals surface area contributed by atoms with Crippen LogP contribution >= 0.6 is 0 Å². The van der Waals surface area contributed by atoms with Gasteiger partial charge in [0, 0.05) is 89.3 Å². The number of nitrogens with zero attached hydrogens (tertiary/aromatic N) is 3. The summed E-state index contributed by atoms with van der Waals surface area (Å²) >= 11 is 0. The standard InChI is InChI=1S/C49H29B2N3O2/c1-28-20-22-36-40(24-28)55-42-27-43-47-44-45-48-34(32-16-8-10-18-38(32)53(48)50(36)46(42)44)26-35-33-17-9-11-19-39(33)54(49(35)45)51(47)37-23-21-31(25-41(37)56-43)52(29-12-4-2-5-13-29)30-14-6-3-7-15-30/h2-27H,1H3. The summed E-state index contributed by atoms with van der Waals surface area (Å²) in [6, 6.07) is 57.2. The first kappa shape index (κ1) is 29.3. The maximum absolute atomic E-state index is 7.22. The van der Waals surface area contributed by atoms with Gasteiger partial charge in [-0.2, -0.15) is 0 Å². The lowest BCUT2D eigenvalue weighted by Gasteiger charge is -2.41. The van der Waals surface area contributed by atoms with Gasteiger partial charge in [-0.25, -0.2) is 0 Å². The molecule has 258 valence electrons. The molecular weight excluding hydrogens is 684 g/mol. The number of benzene rings is 8. The number of aryl methyl sites for hydroxylation is 1. The summed E-state index contributed by atoms with van der Waals surface area (Å²) in [5.41, 5.74) is 16.8. The maximum atomic E-state index is 7.22. The summed E-state index contributed by atoms with van der Waals surface area (Å²) in [4.78, 5) is 2.30. The fraction of sp³-hybridized carbons (Fsp3) is 0.0204. The molecule has 0 atom stereocenters. The third-order valence-corrected chi connectivity index (χ3v) is 12.8. The first-order valence-corrected chi connectivity index (χ1v) is 19.4. The molecule has 0 saturated carbocycles. The number of hydrogen-bond donors (Lipinski definition) is 0. The van der Waals surface area contributed by atoms with E-state index in [9.17, 15) is 0 Å². The average molecular weight is 713 g/mol. The summed E-state index contributed by atoms with van der Waals surface area (Å²) in [5, 5.41) is 5.12. The van der Waals surface area contributed by atoms with E-state index in [4.69, 9.17) is 9.47 Å². The quantitative estimate of drug-likeness (QED) is 0.171. The number of fused-ring (bicyclic) bond motifs is 12. The molecule has 4 aliphatic rings. The molecule has 8 aromatic carbocycles. The average Bonchev–Trinajstić information content (AvgIpc) is 3.75. The molecule has 5 nitrogen and oxygen atoms in total. The summed E-state index contributed by atoms with van der Waals surface area (Å²) in [6.45, 7) is 1.99. The smallest absolute Gasteiger partial charge is 0.336 e. The van der Waals surface area contributed by atoms with Gasteiger partial charge < -0.3 is 23.3 Å².